The van der Waals surface area contributed by atoms with Crippen LogP contribution in [0.5, 0.6) is 0 Å². The molecule has 0 N–H and O–H groups in total. The van der Waals surface area contributed by atoms with E-state index in [0.717, 1.165) is 10.0 Å². The molecular weight excluding hydrogens is 540 g/mol. The summed E-state index contributed by atoms with van der Waals surface area (Å²) in [5, 5.41) is 0. The molecule has 0 spiro atoms. The fourth-order valence-electron chi connectivity index (χ4n) is 4.05. The number of nitrogens with zero attached hydrogens (tertiary/aromatic N) is 2. The molecule has 0 aliphatic carbocycles. The highest BCUT2D eigenvalue weighted by Gasteiger charge is 2.33. The number of piperazine rings is 1. The average molecular weight is 564 g/mol. The molecule has 4 rings (SSSR count). The first kappa shape index (κ1) is 22.7. The third kappa shape index (κ3) is 4.81. The van der Waals surface area contributed by atoms with Crippen molar-refractivity contribution in [3.8, 4) is 0 Å². The van der Waals surface area contributed by atoms with E-state index < -0.39 is 10.0 Å². The normalized spacial score (nSPS) is 16.0. The molecule has 1 saturated heterocycles. The lowest BCUT2D eigenvalue weighted by atomic mass is 9.96. The van der Waals surface area contributed by atoms with Gasteiger partial charge in [-0.1, -0.05) is 76.6 Å². The lowest BCUT2D eigenvalue weighted by Crippen LogP contribution is -2.49. The molecule has 3 aromatic carbocycles. The number of halogens is 2. The molecule has 1 aliphatic rings. The average Bonchev–Trinajstić information content (AvgIpc) is 2.78. The quantitative estimate of drug-likeness (QED) is 0.405. The Kier molecular flexibility index (Phi) is 6.98. The van der Waals surface area contributed by atoms with Crippen LogP contribution in [0.4, 0.5) is 0 Å². The van der Waals surface area contributed by atoms with Crippen molar-refractivity contribution in [3.05, 3.63) is 98.4 Å². The molecule has 0 amide bonds. The maximum absolute atomic E-state index is 13.4. The molecule has 0 unspecified atom stereocenters. The predicted molar refractivity (Wildman–Crippen MR) is 132 cm³/mol. The van der Waals surface area contributed by atoms with E-state index in [1.54, 1.807) is 16.4 Å². The lowest BCUT2D eigenvalue weighted by Gasteiger charge is -2.39. The van der Waals surface area contributed by atoms with Crippen LogP contribution >= 0.6 is 31.9 Å². The van der Waals surface area contributed by atoms with Crippen LogP contribution in [-0.2, 0) is 10.0 Å². The molecule has 3 aromatic rings. The SMILES string of the molecule is Cc1cc(S(=O)(=O)N2CCN(C(c3ccccc3)c3ccccc3)CC2)c(Br)cc1Br. The summed E-state index contributed by atoms with van der Waals surface area (Å²) in [7, 11) is -3.57. The monoisotopic (exact) mass is 562 g/mol. The van der Waals surface area contributed by atoms with Gasteiger partial charge in [-0.2, -0.15) is 4.31 Å². The van der Waals surface area contributed by atoms with E-state index in [-0.39, 0.29) is 6.04 Å². The van der Waals surface area contributed by atoms with Gasteiger partial charge >= 0.3 is 0 Å². The summed E-state index contributed by atoms with van der Waals surface area (Å²) in [4.78, 5) is 2.70. The molecule has 162 valence electrons. The number of rotatable bonds is 5. The molecular formula is C24H24Br2N2O2S. The number of aryl methyl sites for hydroxylation is 1. The summed E-state index contributed by atoms with van der Waals surface area (Å²) in [6.45, 7) is 4.15. The second kappa shape index (κ2) is 9.55. The van der Waals surface area contributed by atoms with Crippen LogP contribution in [0, 0.1) is 6.92 Å². The summed E-state index contributed by atoms with van der Waals surface area (Å²) < 4.78 is 29.8. The molecule has 1 fully saturated rings. The van der Waals surface area contributed by atoms with Crippen molar-refractivity contribution in [1.29, 1.82) is 0 Å². The van der Waals surface area contributed by atoms with Crippen LogP contribution in [0.3, 0.4) is 0 Å². The minimum absolute atomic E-state index is 0.105. The van der Waals surface area contributed by atoms with Crippen molar-refractivity contribution in [2.24, 2.45) is 0 Å². The van der Waals surface area contributed by atoms with Crippen molar-refractivity contribution < 1.29 is 8.42 Å². The summed E-state index contributed by atoms with van der Waals surface area (Å²) in [6, 6.07) is 24.5. The Labute approximate surface area is 201 Å². The first-order valence-electron chi connectivity index (χ1n) is 10.2. The van der Waals surface area contributed by atoms with Crippen molar-refractivity contribution in [2.75, 3.05) is 26.2 Å². The van der Waals surface area contributed by atoms with Gasteiger partial charge in [0.15, 0.2) is 0 Å². The van der Waals surface area contributed by atoms with Crippen LogP contribution in [0.2, 0.25) is 0 Å². The van der Waals surface area contributed by atoms with Crippen LogP contribution in [-0.4, -0.2) is 43.8 Å². The maximum Gasteiger partial charge on any atom is 0.244 e. The zero-order chi connectivity index (χ0) is 22.0. The predicted octanol–water partition coefficient (Wildman–Crippen LogP) is 5.62. The Morgan fingerprint density at radius 2 is 1.29 bits per heavy atom. The number of sulfonamides is 1. The third-order valence-electron chi connectivity index (χ3n) is 5.70. The fraction of sp³-hybridized carbons (Fsp3) is 0.250. The standard InChI is InChI=1S/C24H24Br2N2O2S/c1-18-16-23(22(26)17-21(18)25)31(29,30)28-14-12-27(13-15-28)24(19-8-4-2-5-9-19)20-10-6-3-7-11-20/h2-11,16-17,24H,12-15H2,1H3. The van der Waals surface area contributed by atoms with E-state index in [1.807, 2.05) is 19.1 Å². The highest BCUT2D eigenvalue weighted by atomic mass is 79.9. The van der Waals surface area contributed by atoms with Crippen molar-refractivity contribution >= 4 is 41.9 Å². The molecule has 0 bridgehead atoms. The van der Waals surface area contributed by atoms with E-state index in [9.17, 15) is 8.42 Å². The topological polar surface area (TPSA) is 40.6 Å². The zero-order valence-corrected chi connectivity index (χ0v) is 21.2. The molecule has 0 radical (unpaired) electrons. The van der Waals surface area contributed by atoms with Gasteiger partial charge in [-0.3, -0.25) is 4.90 Å². The second-order valence-electron chi connectivity index (χ2n) is 7.70. The summed E-state index contributed by atoms with van der Waals surface area (Å²) >= 11 is 6.90. The number of hydrogen-bond donors (Lipinski definition) is 0. The van der Waals surface area contributed by atoms with E-state index in [2.05, 4.69) is 85.3 Å². The molecule has 31 heavy (non-hydrogen) atoms. The van der Waals surface area contributed by atoms with Gasteiger partial charge in [-0.25, -0.2) is 8.42 Å². The lowest BCUT2D eigenvalue weighted by molar-refractivity contribution is 0.156. The minimum atomic E-state index is -3.57. The molecule has 0 saturated carbocycles. The van der Waals surface area contributed by atoms with E-state index in [4.69, 9.17) is 0 Å². The first-order chi connectivity index (χ1) is 14.9. The highest BCUT2D eigenvalue weighted by molar-refractivity contribution is 9.11. The molecule has 7 heteroatoms. The van der Waals surface area contributed by atoms with Crippen molar-refractivity contribution in [3.63, 3.8) is 0 Å². The largest absolute Gasteiger partial charge is 0.290 e. The molecule has 1 aliphatic heterocycles. The van der Waals surface area contributed by atoms with Gasteiger partial charge in [0.25, 0.3) is 0 Å². The van der Waals surface area contributed by atoms with Crippen LogP contribution in [0.1, 0.15) is 22.7 Å². The number of benzene rings is 3. The minimum Gasteiger partial charge on any atom is -0.290 e. The van der Waals surface area contributed by atoms with Crippen molar-refractivity contribution in [1.82, 2.24) is 9.21 Å². The van der Waals surface area contributed by atoms with E-state index in [1.165, 1.54) is 11.1 Å². The Morgan fingerprint density at radius 3 is 1.81 bits per heavy atom. The molecule has 0 aromatic heterocycles. The molecule has 0 atom stereocenters. The Morgan fingerprint density at radius 1 is 0.774 bits per heavy atom. The van der Waals surface area contributed by atoms with Crippen LogP contribution < -0.4 is 0 Å². The molecule has 1 heterocycles. The first-order valence-corrected chi connectivity index (χ1v) is 13.2. The maximum atomic E-state index is 13.4. The number of hydrogen-bond acceptors (Lipinski definition) is 3. The van der Waals surface area contributed by atoms with E-state index >= 15 is 0 Å². The summed E-state index contributed by atoms with van der Waals surface area (Å²) in [6.07, 6.45) is 0. The fourth-order valence-corrected chi connectivity index (χ4v) is 7.22. The van der Waals surface area contributed by atoms with Gasteiger partial charge in [0, 0.05) is 35.1 Å². The van der Waals surface area contributed by atoms with Gasteiger partial charge < -0.3 is 0 Å². The van der Waals surface area contributed by atoms with Gasteiger partial charge in [0.2, 0.25) is 10.0 Å². The smallest absolute Gasteiger partial charge is 0.244 e. The highest BCUT2D eigenvalue weighted by Crippen LogP contribution is 2.33. The summed E-state index contributed by atoms with van der Waals surface area (Å²) in [5.74, 6) is 0. The van der Waals surface area contributed by atoms with Crippen LogP contribution in [0.15, 0.2) is 86.6 Å². The van der Waals surface area contributed by atoms with Crippen molar-refractivity contribution in [2.45, 2.75) is 17.9 Å². The van der Waals surface area contributed by atoms with Gasteiger partial charge in [0.05, 0.1) is 10.9 Å². The Hall–Kier alpha value is -1.51. The van der Waals surface area contributed by atoms with Gasteiger partial charge in [-0.15, -0.1) is 0 Å². The Balaban J connectivity index is 1.58. The van der Waals surface area contributed by atoms with Crippen LogP contribution in [0.25, 0.3) is 0 Å². The van der Waals surface area contributed by atoms with Gasteiger partial charge in [-0.05, 0) is 51.7 Å². The summed E-state index contributed by atoms with van der Waals surface area (Å²) in [5.41, 5.74) is 3.33. The second-order valence-corrected chi connectivity index (χ2v) is 11.3. The molecule has 4 nitrogen and oxygen atoms in total. The zero-order valence-electron chi connectivity index (χ0n) is 17.2. The Bertz CT molecular complexity index is 1110. The van der Waals surface area contributed by atoms with Gasteiger partial charge in [0.1, 0.15) is 0 Å². The van der Waals surface area contributed by atoms with E-state index in [0.29, 0.717) is 35.5 Å². The third-order valence-corrected chi connectivity index (χ3v) is 9.41.